The van der Waals surface area contributed by atoms with Gasteiger partial charge < -0.3 is 9.47 Å². The summed E-state index contributed by atoms with van der Waals surface area (Å²) in [6.45, 7) is 7.18. The molecular weight excluding hydrogens is 248 g/mol. The van der Waals surface area contributed by atoms with Gasteiger partial charge in [0.15, 0.2) is 0 Å². The SMILES string of the molecule is COc1ccc(COc2cccc(C(C)(C)C)c2)cc1. The van der Waals surface area contributed by atoms with Crippen LogP contribution in [0.3, 0.4) is 0 Å². The van der Waals surface area contributed by atoms with Gasteiger partial charge >= 0.3 is 0 Å². The molecule has 0 saturated heterocycles. The van der Waals surface area contributed by atoms with Crippen LogP contribution in [0.4, 0.5) is 0 Å². The molecule has 0 spiro atoms. The molecule has 0 bridgehead atoms. The van der Waals surface area contributed by atoms with Crippen LogP contribution in [-0.2, 0) is 12.0 Å². The highest BCUT2D eigenvalue weighted by Gasteiger charge is 2.13. The third kappa shape index (κ3) is 3.77. The van der Waals surface area contributed by atoms with Crippen molar-refractivity contribution in [3.63, 3.8) is 0 Å². The van der Waals surface area contributed by atoms with Crippen LogP contribution in [0, 0.1) is 0 Å². The molecule has 2 rings (SSSR count). The van der Waals surface area contributed by atoms with E-state index in [1.165, 1.54) is 5.56 Å². The summed E-state index contributed by atoms with van der Waals surface area (Å²) in [4.78, 5) is 0. The fourth-order valence-electron chi connectivity index (χ4n) is 1.94. The van der Waals surface area contributed by atoms with Crippen molar-refractivity contribution in [2.75, 3.05) is 7.11 Å². The maximum Gasteiger partial charge on any atom is 0.120 e. The minimum atomic E-state index is 0.138. The van der Waals surface area contributed by atoms with E-state index in [9.17, 15) is 0 Å². The van der Waals surface area contributed by atoms with Crippen molar-refractivity contribution in [2.24, 2.45) is 0 Å². The maximum absolute atomic E-state index is 5.86. The van der Waals surface area contributed by atoms with Crippen LogP contribution in [0.1, 0.15) is 31.9 Å². The zero-order chi connectivity index (χ0) is 14.6. The summed E-state index contributed by atoms with van der Waals surface area (Å²) in [7, 11) is 1.67. The van der Waals surface area contributed by atoms with Crippen molar-refractivity contribution in [1.29, 1.82) is 0 Å². The number of benzene rings is 2. The van der Waals surface area contributed by atoms with Gasteiger partial charge in [0, 0.05) is 0 Å². The molecular formula is C18H22O2. The third-order valence-electron chi connectivity index (χ3n) is 3.26. The van der Waals surface area contributed by atoms with Crippen molar-refractivity contribution in [2.45, 2.75) is 32.8 Å². The molecule has 0 aliphatic carbocycles. The van der Waals surface area contributed by atoms with E-state index in [-0.39, 0.29) is 5.41 Å². The lowest BCUT2D eigenvalue weighted by Crippen LogP contribution is -2.10. The van der Waals surface area contributed by atoms with E-state index in [0.717, 1.165) is 17.1 Å². The van der Waals surface area contributed by atoms with Gasteiger partial charge in [-0.3, -0.25) is 0 Å². The summed E-state index contributed by atoms with van der Waals surface area (Å²) in [5.41, 5.74) is 2.55. The lowest BCUT2D eigenvalue weighted by Gasteiger charge is -2.19. The fourth-order valence-corrected chi connectivity index (χ4v) is 1.94. The summed E-state index contributed by atoms with van der Waals surface area (Å²) in [6, 6.07) is 16.2. The van der Waals surface area contributed by atoms with Gasteiger partial charge in [-0.25, -0.2) is 0 Å². The summed E-state index contributed by atoms with van der Waals surface area (Å²) >= 11 is 0. The highest BCUT2D eigenvalue weighted by Crippen LogP contribution is 2.26. The van der Waals surface area contributed by atoms with Gasteiger partial charge in [-0.2, -0.15) is 0 Å². The van der Waals surface area contributed by atoms with Crippen LogP contribution >= 0.6 is 0 Å². The second-order valence-electron chi connectivity index (χ2n) is 5.91. The minimum absolute atomic E-state index is 0.138. The molecule has 2 aromatic rings. The van der Waals surface area contributed by atoms with E-state index in [4.69, 9.17) is 9.47 Å². The zero-order valence-electron chi connectivity index (χ0n) is 12.6. The average Bonchev–Trinajstić information content (AvgIpc) is 2.45. The highest BCUT2D eigenvalue weighted by atomic mass is 16.5. The Balaban J connectivity index is 2.03. The zero-order valence-corrected chi connectivity index (χ0v) is 12.6. The number of ether oxygens (including phenoxy) is 2. The molecule has 106 valence electrons. The predicted octanol–water partition coefficient (Wildman–Crippen LogP) is 4.57. The van der Waals surface area contributed by atoms with Crippen molar-refractivity contribution >= 4 is 0 Å². The van der Waals surface area contributed by atoms with E-state index >= 15 is 0 Å². The molecule has 0 aliphatic rings. The molecule has 0 atom stereocenters. The molecule has 0 heterocycles. The summed E-state index contributed by atoms with van der Waals surface area (Å²) < 4.78 is 11.0. The van der Waals surface area contributed by atoms with E-state index in [2.05, 4.69) is 32.9 Å². The molecule has 20 heavy (non-hydrogen) atoms. The molecule has 2 aromatic carbocycles. The van der Waals surface area contributed by atoms with E-state index in [1.54, 1.807) is 7.11 Å². The minimum Gasteiger partial charge on any atom is -0.497 e. The second-order valence-corrected chi connectivity index (χ2v) is 5.91. The van der Waals surface area contributed by atoms with Crippen LogP contribution in [0.25, 0.3) is 0 Å². The van der Waals surface area contributed by atoms with Gasteiger partial charge in [0.05, 0.1) is 7.11 Å². The van der Waals surface area contributed by atoms with Gasteiger partial charge in [-0.05, 0) is 40.8 Å². The Kier molecular flexibility index (Phi) is 4.33. The van der Waals surface area contributed by atoms with Crippen molar-refractivity contribution in [3.8, 4) is 11.5 Å². The van der Waals surface area contributed by atoms with Gasteiger partial charge in [0.25, 0.3) is 0 Å². The maximum atomic E-state index is 5.86. The van der Waals surface area contributed by atoms with Crippen LogP contribution < -0.4 is 9.47 Å². The molecule has 0 aliphatic heterocycles. The first-order valence-corrected chi connectivity index (χ1v) is 6.85. The second kappa shape index (κ2) is 6.00. The molecule has 0 radical (unpaired) electrons. The van der Waals surface area contributed by atoms with Crippen molar-refractivity contribution < 1.29 is 9.47 Å². The molecule has 0 saturated carbocycles. The average molecular weight is 270 g/mol. The van der Waals surface area contributed by atoms with Crippen LogP contribution in [0.5, 0.6) is 11.5 Å². The lowest BCUT2D eigenvalue weighted by molar-refractivity contribution is 0.305. The Morgan fingerprint density at radius 3 is 2.20 bits per heavy atom. The van der Waals surface area contributed by atoms with Gasteiger partial charge in [0.1, 0.15) is 18.1 Å². The Morgan fingerprint density at radius 1 is 0.900 bits per heavy atom. The predicted molar refractivity (Wildman–Crippen MR) is 82.5 cm³/mol. The molecule has 0 unspecified atom stereocenters. The standard InChI is InChI=1S/C18H22O2/c1-18(2,3)15-6-5-7-17(12-15)20-13-14-8-10-16(19-4)11-9-14/h5-12H,13H2,1-4H3. The third-order valence-corrected chi connectivity index (χ3v) is 3.26. The normalized spacial score (nSPS) is 11.2. The number of hydrogen-bond donors (Lipinski definition) is 0. The molecule has 2 nitrogen and oxygen atoms in total. The molecule has 0 N–H and O–H groups in total. The Bertz CT molecular complexity index is 550. The smallest absolute Gasteiger partial charge is 0.120 e. The number of hydrogen-bond acceptors (Lipinski definition) is 2. The molecule has 2 heteroatoms. The van der Waals surface area contributed by atoms with E-state index < -0.39 is 0 Å². The quantitative estimate of drug-likeness (QED) is 0.810. The van der Waals surface area contributed by atoms with Crippen molar-refractivity contribution in [3.05, 3.63) is 59.7 Å². The van der Waals surface area contributed by atoms with Crippen LogP contribution in [0.2, 0.25) is 0 Å². The lowest BCUT2D eigenvalue weighted by atomic mass is 9.87. The first kappa shape index (κ1) is 14.4. The number of methoxy groups -OCH3 is 1. The summed E-state index contributed by atoms with van der Waals surface area (Å²) in [6.07, 6.45) is 0. The van der Waals surface area contributed by atoms with Crippen LogP contribution in [-0.4, -0.2) is 7.11 Å². The Morgan fingerprint density at radius 2 is 1.60 bits per heavy atom. The summed E-state index contributed by atoms with van der Waals surface area (Å²) in [5.74, 6) is 1.77. The van der Waals surface area contributed by atoms with Crippen molar-refractivity contribution in [1.82, 2.24) is 0 Å². The van der Waals surface area contributed by atoms with Gasteiger partial charge in [0.2, 0.25) is 0 Å². The summed E-state index contributed by atoms with van der Waals surface area (Å²) in [5, 5.41) is 0. The fraction of sp³-hybridized carbons (Fsp3) is 0.333. The van der Waals surface area contributed by atoms with Crippen LogP contribution in [0.15, 0.2) is 48.5 Å². The largest absolute Gasteiger partial charge is 0.497 e. The van der Waals surface area contributed by atoms with E-state index in [0.29, 0.717) is 6.61 Å². The molecule has 0 aromatic heterocycles. The Labute approximate surface area is 121 Å². The Hall–Kier alpha value is -1.96. The monoisotopic (exact) mass is 270 g/mol. The molecule has 0 amide bonds. The first-order valence-electron chi connectivity index (χ1n) is 6.85. The molecule has 0 fully saturated rings. The van der Waals surface area contributed by atoms with Gasteiger partial charge in [-0.1, -0.05) is 45.0 Å². The van der Waals surface area contributed by atoms with E-state index in [1.807, 2.05) is 36.4 Å². The topological polar surface area (TPSA) is 18.5 Å². The van der Waals surface area contributed by atoms with Gasteiger partial charge in [-0.15, -0.1) is 0 Å². The first-order chi connectivity index (χ1) is 9.49. The highest BCUT2D eigenvalue weighted by molar-refractivity contribution is 5.33. The number of rotatable bonds is 4.